The Hall–Kier alpha value is -2.50. The van der Waals surface area contributed by atoms with E-state index in [0.717, 1.165) is 17.7 Å². The highest BCUT2D eigenvalue weighted by atomic mass is 19.4. The molecule has 0 saturated carbocycles. The summed E-state index contributed by atoms with van der Waals surface area (Å²) in [5.41, 5.74) is 1.19. The molecule has 6 heteroatoms. The minimum absolute atomic E-state index is 0.234. The van der Waals surface area contributed by atoms with E-state index in [0.29, 0.717) is 5.69 Å². The smallest absolute Gasteiger partial charge is 0.308 e. The minimum Gasteiger partial charge on any atom is -0.308 e. The van der Waals surface area contributed by atoms with Crippen molar-refractivity contribution in [2.75, 3.05) is 10.6 Å². The molecule has 122 valence electrons. The number of nitrogens with one attached hydrogen (secondary N) is 2. The van der Waals surface area contributed by atoms with Gasteiger partial charge in [0, 0.05) is 11.4 Å². The molecule has 0 aliphatic rings. The van der Waals surface area contributed by atoms with Crippen LogP contribution in [0.25, 0.3) is 0 Å². The van der Waals surface area contributed by atoms with E-state index >= 15 is 0 Å². The van der Waals surface area contributed by atoms with Gasteiger partial charge in [-0.2, -0.15) is 13.2 Å². The predicted octanol–water partition coefficient (Wildman–Crippen LogP) is 5.47. The molecule has 2 aromatic carbocycles. The van der Waals surface area contributed by atoms with Gasteiger partial charge in [-0.05, 0) is 41.8 Å². The molecule has 2 aromatic rings. The van der Waals surface area contributed by atoms with Gasteiger partial charge in [0.25, 0.3) is 0 Å². The first-order valence-corrected chi connectivity index (χ1v) is 7.11. The maximum absolute atomic E-state index is 12.5. The number of alkyl halides is 3. The van der Waals surface area contributed by atoms with Crippen LogP contribution in [0.5, 0.6) is 0 Å². The van der Waals surface area contributed by atoms with Gasteiger partial charge >= 0.3 is 12.2 Å². The molecule has 0 aliphatic carbocycles. The van der Waals surface area contributed by atoms with Crippen LogP contribution in [0.3, 0.4) is 0 Å². The molecular weight excluding hydrogens is 305 g/mol. The van der Waals surface area contributed by atoms with Crippen LogP contribution in [0.4, 0.5) is 29.3 Å². The number of rotatable bonds is 3. The molecule has 0 saturated heterocycles. The lowest BCUT2D eigenvalue weighted by Gasteiger charge is -2.14. The summed E-state index contributed by atoms with van der Waals surface area (Å²) in [6, 6.07) is 11.2. The Balaban J connectivity index is 2.06. The maximum atomic E-state index is 12.5. The van der Waals surface area contributed by atoms with E-state index in [1.807, 2.05) is 26.0 Å². The van der Waals surface area contributed by atoms with Gasteiger partial charge in [0.2, 0.25) is 0 Å². The average Bonchev–Trinajstić information content (AvgIpc) is 2.47. The van der Waals surface area contributed by atoms with Gasteiger partial charge in [-0.15, -0.1) is 0 Å². The second-order valence-corrected chi connectivity index (χ2v) is 5.40. The van der Waals surface area contributed by atoms with Crippen LogP contribution in [0, 0.1) is 0 Å². The maximum Gasteiger partial charge on any atom is 0.416 e. The third kappa shape index (κ3) is 4.48. The van der Waals surface area contributed by atoms with Crippen LogP contribution in [-0.2, 0) is 6.18 Å². The van der Waals surface area contributed by atoms with Crippen LogP contribution in [0.1, 0.15) is 30.9 Å². The van der Waals surface area contributed by atoms with Crippen molar-refractivity contribution in [3.63, 3.8) is 0 Å². The first kappa shape index (κ1) is 16.9. The van der Waals surface area contributed by atoms with Gasteiger partial charge in [-0.1, -0.05) is 32.0 Å². The number of urea groups is 1. The average molecular weight is 322 g/mol. The summed E-state index contributed by atoms with van der Waals surface area (Å²) in [4.78, 5) is 12.0. The summed E-state index contributed by atoms with van der Waals surface area (Å²) < 4.78 is 37.5. The number of amides is 2. The zero-order valence-electron chi connectivity index (χ0n) is 12.7. The molecule has 2 rings (SSSR count). The summed E-state index contributed by atoms with van der Waals surface area (Å²) in [7, 11) is 0. The van der Waals surface area contributed by atoms with Gasteiger partial charge in [-0.3, -0.25) is 0 Å². The monoisotopic (exact) mass is 322 g/mol. The molecule has 0 unspecified atom stereocenters. The highest BCUT2D eigenvalue weighted by Crippen LogP contribution is 2.30. The van der Waals surface area contributed by atoms with Gasteiger partial charge in [-0.25, -0.2) is 4.79 Å². The SMILES string of the molecule is CC(C)c1ccccc1NC(=O)Nc1ccc(C(F)(F)F)cc1. The molecule has 0 bridgehead atoms. The van der Waals surface area contributed by atoms with Crippen molar-refractivity contribution < 1.29 is 18.0 Å². The van der Waals surface area contributed by atoms with E-state index < -0.39 is 17.8 Å². The summed E-state index contributed by atoms with van der Waals surface area (Å²) in [5.74, 6) is 0.234. The van der Waals surface area contributed by atoms with Gasteiger partial charge in [0.1, 0.15) is 0 Å². The standard InChI is InChI=1S/C17H17F3N2O/c1-11(2)14-5-3-4-6-15(14)22-16(23)21-13-9-7-12(8-10-13)17(18,19)20/h3-11H,1-2H3,(H2,21,22,23). The lowest BCUT2D eigenvalue weighted by atomic mass is 10.0. The predicted molar refractivity (Wildman–Crippen MR) is 84.6 cm³/mol. The molecule has 2 N–H and O–H groups in total. The van der Waals surface area contributed by atoms with E-state index in [2.05, 4.69) is 10.6 Å². The Labute approximate surface area is 132 Å². The molecule has 0 atom stereocenters. The van der Waals surface area contributed by atoms with Crippen molar-refractivity contribution in [2.45, 2.75) is 25.9 Å². The van der Waals surface area contributed by atoms with Crippen molar-refractivity contribution in [1.82, 2.24) is 0 Å². The molecule has 0 aromatic heterocycles. The van der Waals surface area contributed by atoms with Crippen molar-refractivity contribution in [3.05, 3.63) is 59.7 Å². The van der Waals surface area contributed by atoms with E-state index in [1.54, 1.807) is 12.1 Å². The number of carbonyl (C=O) groups excluding carboxylic acids is 1. The summed E-state index contributed by atoms with van der Waals surface area (Å²) >= 11 is 0. The second kappa shape index (κ2) is 6.73. The normalized spacial score (nSPS) is 11.4. The zero-order valence-corrected chi connectivity index (χ0v) is 12.7. The summed E-state index contributed by atoms with van der Waals surface area (Å²) in [6.45, 7) is 4.02. The molecule has 0 heterocycles. The number of halogens is 3. The van der Waals surface area contributed by atoms with E-state index in [4.69, 9.17) is 0 Å². The fourth-order valence-electron chi connectivity index (χ4n) is 2.14. The Morgan fingerprint density at radius 2 is 1.57 bits per heavy atom. The number of hydrogen-bond donors (Lipinski definition) is 2. The summed E-state index contributed by atoms with van der Waals surface area (Å²) in [5, 5.41) is 5.23. The molecule has 2 amide bonds. The fraction of sp³-hybridized carbons (Fsp3) is 0.235. The summed E-state index contributed by atoms with van der Waals surface area (Å²) in [6.07, 6.45) is -4.39. The topological polar surface area (TPSA) is 41.1 Å². The highest BCUT2D eigenvalue weighted by Gasteiger charge is 2.29. The number of para-hydroxylation sites is 1. The van der Waals surface area contributed by atoms with Gasteiger partial charge in [0.15, 0.2) is 0 Å². The molecule has 0 fully saturated rings. The third-order valence-electron chi connectivity index (χ3n) is 3.30. The molecular formula is C17H17F3N2O. The van der Waals surface area contributed by atoms with Crippen molar-refractivity contribution in [1.29, 1.82) is 0 Å². The van der Waals surface area contributed by atoms with Crippen LogP contribution < -0.4 is 10.6 Å². The second-order valence-electron chi connectivity index (χ2n) is 5.40. The first-order chi connectivity index (χ1) is 10.8. The Kier molecular flexibility index (Phi) is 4.93. The van der Waals surface area contributed by atoms with Crippen LogP contribution in [-0.4, -0.2) is 6.03 Å². The fourth-order valence-corrected chi connectivity index (χ4v) is 2.14. The molecule has 0 aliphatic heterocycles. The van der Waals surface area contributed by atoms with E-state index in [-0.39, 0.29) is 11.6 Å². The van der Waals surface area contributed by atoms with E-state index in [9.17, 15) is 18.0 Å². The molecule has 0 spiro atoms. The lowest BCUT2D eigenvalue weighted by molar-refractivity contribution is -0.137. The highest BCUT2D eigenvalue weighted by molar-refractivity contribution is 6.00. The van der Waals surface area contributed by atoms with E-state index in [1.165, 1.54) is 12.1 Å². The van der Waals surface area contributed by atoms with Crippen LogP contribution in [0.2, 0.25) is 0 Å². The van der Waals surface area contributed by atoms with Gasteiger partial charge < -0.3 is 10.6 Å². The molecule has 0 radical (unpaired) electrons. The Bertz CT molecular complexity index is 679. The number of hydrogen-bond acceptors (Lipinski definition) is 1. The molecule has 23 heavy (non-hydrogen) atoms. The Morgan fingerprint density at radius 1 is 0.957 bits per heavy atom. The van der Waals surface area contributed by atoms with Crippen LogP contribution in [0.15, 0.2) is 48.5 Å². The van der Waals surface area contributed by atoms with Crippen molar-refractivity contribution in [3.8, 4) is 0 Å². The molecule has 3 nitrogen and oxygen atoms in total. The van der Waals surface area contributed by atoms with Crippen molar-refractivity contribution in [2.24, 2.45) is 0 Å². The largest absolute Gasteiger partial charge is 0.416 e. The Morgan fingerprint density at radius 3 is 2.13 bits per heavy atom. The lowest BCUT2D eigenvalue weighted by Crippen LogP contribution is -2.20. The minimum atomic E-state index is -4.39. The first-order valence-electron chi connectivity index (χ1n) is 7.11. The third-order valence-corrected chi connectivity index (χ3v) is 3.30. The number of carbonyl (C=O) groups is 1. The van der Waals surface area contributed by atoms with Crippen LogP contribution >= 0.6 is 0 Å². The van der Waals surface area contributed by atoms with Gasteiger partial charge in [0.05, 0.1) is 5.56 Å². The quantitative estimate of drug-likeness (QED) is 0.772. The zero-order chi connectivity index (χ0) is 17.0. The van der Waals surface area contributed by atoms with Crippen molar-refractivity contribution >= 4 is 17.4 Å². The number of benzene rings is 2. The number of anilines is 2.